The van der Waals surface area contributed by atoms with Crippen molar-refractivity contribution in [3.8, 4) is 17.2 Å². The summed E-state index contributed by atoms with van der Waals surface area (Å²) in [4.78, 5) is 29.5. The lowest BCUT2D eigenvalue weighted by molar-refractivity contribution is -0.142. The predicted octanol–water partition coefficient (Wildman–Crippen LogP) is 2.46. The van der Waals surface area contributed by atoms with E-state index in [4.69, 9.17) is 18.9 Å². The Labute approximate surface area is 193 Å². The number of anilines is 1. The number of rotatable bonds is 7. The highest BCUT2D eigenvalue weighted by molar-refractivity contribution is 5.98. The second-order valence-electron chi connectivity index (χ2n) is 7.78. The Bertz CT molecular complexity index is 1020. The summed E-state index contributed by atoms with van der Waals surface area (Å²) in [5.74, 6) is 1.09. The van der Waals surface area contributed by atoms with Gasteiger partial charge in [0.15, 0.2) is 24.2 Å². The first-order chi connectivity index (χ1) is 16.1. The molecular weight excluding hydrogens is 424 g/mol. The number of amides is 2. The number of hydrogen-bond acceptors (Lipinski definition) is 6. The van der Waals surface area contributed by atoms with E-state index in [1.165, 1.54) is 0 Å². The van der Waals surface area contributed by atoms with Crippen molar-refractivity contribution in [3.05, 3.63) is 60.7 Å². The molecule has 2 aromatic carbocycles. The highest BCUT2D eigenvalue weighted by atomic mass is 16.5. The fraction of sp³-hybridized carbons (Fsp3) is 0.360. The molecule has 0 bridgehead atoms. The fourth-order valence-corrected chi connectivity index (χ4v) is 3.93. The van der Waals surface area contributed by atoms with Crippen molar-refractivity contribution >= 4 is 17.5 Å². The number of ether oxygens (including phenoxy) is 4. The number of para-hydroxylation sites is 2. The largest absolute Gasteiger partial charge is 0.493 e. The van der Waals surface area contributed by atoms with E-state index in [-0.39, 0.29) is 25.0 Å². The summed E-state index contributed by atoms with van der Waals surface area (Å²) in [7, 11) is 1.56. The van der Waals surface area contributed by atoms with Crippen LogP contribution in [0.1, 0.15) is 5.56 Å². The number of benzene rings is 2. The summed E-state index contributed by atoms with van der Waals surface area (Å²) in [6, 6.07) is 12.8. The predicted molar refractivity (Wildman–Crippen MR) is 123 cm³/mol. The van der Waals surface area contributed by atoms with Crippen LogP contribution in [0.4, 0.5) is 5.69 Å². The number of nitrogens with zero attached hydrogens (tertiary/aromatic N) is 2. The van der Waals surface area contributed by atoms with Crippen LogP contribution in [0.15, 0.2) is 55.1 Å². The molecule has 1 atom stereocenters. The van der Waals surface area contributed by atoms with Crippen LogP contribution in [0.2, 0.25) is 0 Å². The van der Waals surface area contributed by atoms with E-state index in [1.807, 2.05) is 30.3 Å². The lowest BCUT2D eigenvalue weighted by Gasteiger charge is -2.37. The molecule has 2 aromatic rings. The van der Waals surface area contributed by atoms with E-state index in [1.54, 1.807) is 35.1 Å². The average molecular weight is 453 g/mol. The zero-order valence-electron chi connectivity index (χ0n) is 18.7. The van der Waals surface area contributed by atoms with Gasteiger partial charge in [-0.25, -0.2) is 0 Å². The number of fused-ring (bicyclic) bond motifs is 1. The van der Waals surface area contributed by atoms with Crippen molar-refractivity contribution in [1.29, 1.82) is 0 Å². The molecule has 1 unspecified atom stereocenters. The Kier molecular flexibility index (Phi) is 7.14. The standard InChI is InChI=1S/C25H28N2O6/c1-3-6-18-9-10-21(22(15-18)30-2)32-17-24(28)27-16-23(25(29)26-11-13-31-14-12-26)33-20-8-5-4-7-19(20)27/h3-5,7-10,15,23H,1,6,11-14,16-17H2,2H3. The van der Waals surface area contributed by atoms with Gasteiger partial charge in [-0.2, -0.15) is 0 Å². The van der Waals surface area contributed by atoms with E-state index >= 15 is 0 Å². The quantitative estimate of drug-likeness (QED) is 0.601. The molecule has 0 radical (unpaired) electrons. The lowest BCUT2D eigenvalue weighted by Crippen LogP contribution is -2.54. The lowest BCUT2D eigenvalue weighted by atomic mass is 10.1. The first kappa shape index (κ1) is 22.7. The number of carbonyl (C=O) groups is 2. The van der Waals surface area contributed by atoms with Crippen molar-refractivity contribution in [1.82, 2.24) is 4.90 Å². The third kappa shape index (κ3) is 5.12. The maximum absolute atomic E-state index is 13.2. The highest BCUT2D eigenvalue weighted by Gasteiger charge is 2.36. The van der Waals surface area contributed by atoms with Crippen molar-refractivity contribution in [2.45, 2.75) is 12.5 Å². The van der Waals surface area contributed by atoms with E-state index in [9.17, 15) is 9.59 Å². The molecule has 8 heteroatoms. The molecule has 2 aliphatic rings. The molecule has 4 rings (SSSR count). The highest BCUT2D eigenvalue weighted by Crippen LogP contribution is 2.34. The molecule has 174 valence electrons. The van der Waals surface area contributed by atoms with Crippen LogP contribution in [-0.4, -0.2) is 69.4 Å². The van der Waals surface area contributed by atoms with Gasteiger partial charge in [-0.05, 0) is 36.2 Å². The first-order valence-corrected chi connectivity index (χ1v) is 10.9. The fourth-order valence-electron chi connectivity index (χ4n) is 3.93. The third-order valence-corrected chi connectivity index (χ3v) is 5.63. The van der Waals surface area contributed by atoms with Crippen molar-refractivity contribution in [3.63, 3.8) is 0 Å². The third-order valence-electron chi connectivity index (χ3n) is 5.63. The van der Waals surface area contributed by atoms with Crippen LogP contribution in [0.3, 0.4) is 0 Å². The second kappa shape index (κ2) is 10.4. The minimum absolute atomic E-state index is 0.116. The van der Waals surface area contributed by atoms with Gasteiger partial charge >= 0.3 is 0 Å². The van der Waals surface area contributed by atoms with E-state index < -0.39 is 6.10 Å². The van der Waals surface area contributed by atoms with Crippen LogP contribution >= 0.6 is 0 Å². The molecule has 0 aromatic heterocycles. The molecule has 1 fully saturated rings. The van der Waals surface area contributed by atoms with Gasteiger partial charge in [0.25, 0.3) is 11.8 Å². The monoisotopic (exact) mass is 452 g/mol. The van der Waals surface area contributed by atoms with Gasteiger partial charge in [0.05, 0.1) is 32.6 Å². The van der Waals surface area contributed by atoms with Crippen molar-refractivity contribution in [2.24, 2.45) is 0 Å². The Balaban J connectivity index is 1.49. The SMILES string of the molecule is C=CCc1ccc(OCC(=O)N2CC(C(=O)N3CCOCC3)Oc3ccccc32)c(OC)c1. The zero-order valence-corrected chi connectivity index (χ0v) is 18.7. The molecule has 33 heavy (non-hydrogen) atoms. The minimum Gasteiger partial charge on any atom is -0.493 e. The summed E-state index contributed by atoms with van der Waals surface area (Å²) >= 11 is 0. The number of methoxy groups -OCH3 is 1. The normalized spacial score (nSPS) is 17.5. The van der Waals surface area contributed by atoms with Gasteiger partial charge in [-0.3, -0.25) is 9.59 Å². The van der Waals surface area contributed by atoms with Crippen LogP contribution in [0.25, 0.3) is 0 Å². The molecule has 2 heterocycles. The van der Waals surface area contributed by atoms with E-state index in [0.717, 1.165) is 5.56 Å². The average Bonchev–Trinajstić information content (AvgIpc) is 2.87. The van der Waals surface area contributed by atoms with Gasteiger partial charge in [0.1, 0.15) is 5.75 Å². The van der Waals surface area contributed by atoms with Crippen LogP contribution in [0, 0.1) is 0 Å². The van der Waals surface area contributed by atoms with Crippen molar-refractivity contribution < 1.29 is 28.5 Å². The summed E-state index contributed by atoms with van der Waals surface area (Å²) in [5.41, 5.74) is 1.65. The number of carbonyl (C=O) groups excluding carboxylic acids is 2. The molecule has 2 aliphatic heterocycles. The molecule has 0 N–H and O–H groups in total. The Morgan fingerprint density at radius 3 is 2.70 bits per heavy atom. The van der Waals surface area contributed by atoms with Gasteiger partial charge in [0.2, 0.25) is 0 Å². The van der Waals surface area contributed by atoms with Crippen molar-refractivity contribution in [2.75, 3.05) is 51.5 Å². The second-order valence-corrected chi connectivity index (χ2v) is 7.78. The van der Waals surface area contributed by atoms with Gasteiger partial charge < -0.3 is 28.7 Å². The molecule has 0 spiro atoms. The van der Waals surface area contributed by atoms with E-state index in [0.29, 0.717) is 55.7 Å². The smallest absolute Gasteiger partial charge is 0.265 e. The number of allylic oxidation sites excluding steroid dienone is 1. The van der Waals surface area contributed by atoms with E-state index in [2.05, 4.69) is 6.58 Å². The maximum Gasteiger partial charge on any atom is 0.265 e. The molecular formula is C25H28N2O6. The van der Waals surface area contributed by atoms with Gasteiger partial charge in [0, 0.05) is 13.1 Å². The maximum atomic E-state index is 13.2. The summed E-state index contributed by atoms with van der Waals surface area (Å²) in [5, 5.41) is 0. The summed E-state index contributed by atoms with van der Waals surface area (Å²) in [6.45, 7) is 5.68. The molecule has 8 nitrogen and oxygen atoms in total. The minimum atomic E-state index is -0.783. The first-order valence-electron chi connectivity index (χ1n) is 10.9. The molecule has 1 saturated heterocycles. The zero-order chi connectivity index (χ0) is 23.2. The van der Waals surface area contributed by atoms with Crippen LogP contribution in [-0.2, 0) is 20.7 Å². The topological polar surface area (TPSA) is 77.5 Å². The summed E-state index contributed by atoms with van der Waals surface area (Å²) < 4.78 is 22.5. The van der Waals surface area contributed by atoms with Gasteiger partial charge in [-0.15, -0.1) is 6.58 Å². The van der Waals surface area contributed by atoms with Crippen LogP contribution < -0.4 is 19.1 Å². The molecule has 0 aliphatic carbocycles. The summed E-state index contributed by atoms with van der Waals surface area (Å²) in [6.07, 6.45) is 1.73. The Morgan fingerprint density at radius 1 is 1.15 bits per heavy atom. The molecule has 2 amide bonds. The van der Waals surface area contributed by atoms with Gasteiger partial charge in [-0.1, -0.05) is 24.3 Å². The Hall–Kier alpha value is -3.52. The molecule has 0 saturated carbocycles. The Morgan fingerprint density at radius 2 is 1.94 bits per heavy atom. The van der Waals surface area contributed by atoms with Crippen LogP contribution in [0.5, 0.6) is 17.2 Å². The number of morpholine rings is 1. The number of hydrogen-bond donors (Lipinski definition) is 0.